The van der Waals surface area contributed by atoms with Crippen molar-refractivity contribution < 1.29 is 40.9 Å². The van der Waals surface area contributed by atoms with E-state index in [0.717, 1.165) is 0 Å². The molecule has 14 heteroatoms. The summed E-state index contributed by atoms with van der Waals surface area (Å²) in [5.74, 6) is -1.11. The molecule has 1 amide bonds. The normalized spacial score (nSPS) is 14.4. The van der Waals surface area contributed by atoms with Crippen molar-refractivity contribution in [1.29, 1.82) is 0 Å². The van der Waals surface area contributed by atoms with Gasteiger partial charge in [-0.15, -0.1) is 0 Å². The number of pyridine rings is 1. The first kappa shape index (κ1) is 38.3. The molecule has 0 radical (unpaired) electrons. The zero-order chi connectivity index (χ0) is 38.5. The summed E-state index contributed by atoms with van der Waals surface area (Å²) in [6.07, 6.45) is -0.360. The second-order valence-corrected chi connectivity index (χ2v) is 14.8. The van der Waals surface area contributed by atoms with Gasteiger partial charge in [0.2, 0.25) is 15.9 Å². The van der Waals surface area contributed by atoms with Gasteiger partial charge in [-0.05, 0) is 48.9 Å². The van der Waals surface area contributed by atoms with Gasteiger partial charge >= 0.3 is 0 Å². The van der Waals surface area contributed by atoms with E-state index < -0.39 is 21.9 Å². The third-order valence-corrected chi connectivity index (χ3v) is 11.2. The number of benzene rings is 4. The number of hydrogen-bond donors (Lipinski definition) is 1. The van der Waals surface area contributed by atoms with Gasteiger partial charge in [-0.25, -0.2) is 22.2 Å². The van der Waals surface area contributed by atoms with E-state index in [1.165, 1.54) is 44.9 Å². The van der Waals surface area contributed by atoms with Crippen molar-refractivity contribution >= 4 is 38.3 Å². The standard InChI is InChI=1S/C40H42F2N4O7S/c1-50-31-15-13-28(36(23-31)52-3)25-46(26-29-14-16-32(51-2)24-37(29)53-4)54(48,49)33-11-7-10-30(22-33)43-39(47)34-21-27-9-5-6-12-35(27)44-38(34)45-19-8-17-40(41,42)18-20-45/h5-7,9-16,21-24H,8,17-20,25-26H2,1-4H3,(H,43,47). The number of hydrogen-bond acceptors (Lipinski definition) is 9. The molecule has 6 rings (SSSR count). The lowest BCUT2D eigenvalue weighted by Crippen LogP contribution is -2.31. The molecule has 1 aliphatic heterocycles. The number of sulfonamides is 1. The Morgan fingerprint density at radius 2 is 1.44 bits per heavy atom. The van der Waals surface area contributed by atoms with Crippen LogP contribution in [0.3, 0.4) is 0 Å². The second kappa shape index (κ2) is 16.3. The Labute approximate surface area is 313 Å². The predicted octanol–water partition coefficient (Wildman–Crippen LogP) is 7.54. The number of methoxy groups -OCH3 is 4. The van der Waals surface area contributed by atoms with Gasteiger partial charge in [0.25, 0.3) is 5.91 Å². The van der Waals surface area contributed by atoms with Gasteiger partial charge in [0.05, 0.1) is 44.4 Å². The topological polar surface area (TPSA) is 120 Å². The van der Waals surface area contributed by atoms with Crippen LogP contribution in [0.15, 0.2) is 95.9 Å². The molecule has 0 unspecified atom stereocenters. The maximum Gasteiger partial charge on any atom is 0.259 e. The van der Waals surface area contributed by atoms with Gasteiger partial charge in [0.15, 0.2) is 0 Å². The number of halogens is 2. The largest absolute Gasteiger partial charge is 0.497 e. The highest BCUT2D eigenvalue weighted by Gasteiger charge is 2.33. The average Bonchev–Trinajstić information content (AvgIpc) is 3.37. The Morgan fingerprint density at radius 1 is 0.796 bits per heavy atom. The summed E-state index contributed by atoms with van der Waals surface area (Å²) in [6, 6.07) is 25.2. The van der Waals surface area contributed by atoms with Crippen LogP contribution < -0.4 is 29.2 Å². The zero-order valence-electron chi connectivity index (χ0n) is 30.5. The summed E-state index contributed by atoms with van der Waals surface area (Å²) < 4.78 is 81.0. The molecule has 0 atom stereocenters. The molecule has 284 valence electrons. The summed E-state index contributed by atoms with van der Waals surface area (Å²) in [7, 11) is 1.79. The first-order valence-electron chi connectivity index (χ1n) is 17.3. The van der Waals surface area contributed by atoms with E-state index >= 15 is 0 Å². The van der Waals surface area contributed by atoms with Crippen molar-refractivity contribution in [3.63, 3.8) is 0 Å². The Morgan fingerprint density at radius 3 is 2.07 bits per heavy atom. The lowest BCUT2D eigenvalue weighted by Gasteiger charge is -2.25. The highest BCUT2D eigenvalue weighted by Crippen LogP contribution is 2.34. The van der Waals surface area contributed by atoms with E-state index in [-0.39, 0.29) is 55.0 Å². The maximum atomic E-state index is 14.6. The van der Waals surface area contributed by atoms with E-state index in [1.54, 1.807) is 65.6 Å². The highest BCUT2D eigenvalue weighted by molar-refractivity contribution is 7.89. The predicted molar refractivity (Wildman–Crippen MR) is 203 cm³/mol. The number of aromatic nitrogens is 1. The Hall–Kier alpha value is -5.47. The van der Waals surface area contributed by atoms with E-state index in [1.807, 2.05) is 18.2 Å². The van der Waals surface area contributed by atoms with Gasteiger partial charge in [-0.1, -0.05) is 36.4 Å². The minimum absolute atomic E-state index is 0.0279. The number of amides is 1. The fraction of sp³-hybridized carbons (Fsp3) is 0.300. The molecule has 54 heavy (non-hydrogen) atoms. The summed E-state index contributed by atoms with van der Waals surface area (Å²) >= 11 is 0. The van der Waals surface area contributed by atoms with E-state index in [2.05, 4.69) is 5.32 Å². The van der Waals surface area contributed by atoms with E-state index in [0.29, 0.717) is 57.4 Å². The molecule has 1 saturated heterocycles. The smallest absolute Gasteiger partial charge is 0.259 e. The molecule has 0 spiro atoms. The first-order chi connectivity index (χ1) is 25.9. The maximum absolute atomic E-state index is 14.6. The van der Waals surface area contributed by atoms with Crippen LogP contribution in [-0.4, -0.2) is 71.1 Å². The van der Waals surface area contributed by atoms with Gasteiger partial charge in [-0.2, -0.15) is 4.31 Å². The Balaban J connectivity index is 1.35. The van der Waals surface area contributed by atoms with Crippen LogP contribution in [0.5, 0.6) is 23.0 Å². The number of anilines is 2. The zero-order valence-corrected chi connectivity index (χ0v) is 31.3. The molecule has 1 aliphatic rings. The molecular formula is C40H42F2N4O7S. The van der Waals surface area contributed by atoms with Crippen LogP contribution >= 0.6 is 0 Å². The van der Waals surface area contributed by atoms with Crippen LogP contribution in [0.4, 0.5) is 20.3 Å². The third kappa shape index (κ3) is 8.50. The summed E-state index contributed by atoms with van der Waals surface area (Å²) in [4.78, 5) is 20.4. The molecule has 5 aromatic rings. The number of carbonyl (C=O) groups excluding carboxylic acids is 1. The third-order valence-electron chi connectivity index (χ3n) is 9.38. The molecule has 0 saturated carbocycles. The molecule has 1 N–H and O–H groups in total. The first-order valence-corrected chi connectivity index (χ1v) is 18.7. The lowest BCUT2D eigenvalue weighted by atomic mass is 10.1. The summed E-state index contributed by atoms with van der Waals surface area (Å²) in [6.45, 7) is 0.174. The number of fused-ring (bicyclic) bond motifs is 1. The van der Waals surface area contributed by atoms with E-state index in [4.69, 9.17) is 23.9 Å². The number of carbonyl (C=O) groups is 1. The monoisotopic (exact) mass is 760 g/mol. The number of ether oxygens (including phenoxy) is 4. The minimum atomic E-state index is -4.25. The van der Waals surface area contributed by atoms with Crippen LogP contribution in [0.2, 0.25) is 0 Å². The summed E-state index contributed by atoms with van der Waals surface area (Å²) in [5.41, 5.74) is 2.19. The molecule has 2 heterocycles. The number of rotatable bonds is 13. The number of nitrogens with zero attached hydrogens (tertiary/aromatic N) is 3. The van der Waals surface area contributed by atoms with Crippen molar-refractivity contribution in [2.24, 2.45) is 0 Å². The summed E-state index contributed by atoms with van der Waals surface area (Å²) in [5, 5.41) is 3.54. The van der Waals surface area contributed by atoms with Crippen molar-refractivity contribution in [1.82, 2.24) is 9.29 Å². The highest BCUT2D eigenvalue weighted by atomic mass is 32.2. The molecule has 4 aromatic carbocycles. The molecular weight excluding hydrogens is 719 g/mol. The van der Waals surface area contributed by atoms with Gasteiger partial charge in [0.1, 0.15) is 28.8 Å². The number of alkyl halides is 2. The van der Waals surface area contributed by atoms with Crippen LogP contribution in [0.1, 0.15) is 40.7 Å². The van der Waals surface area contributed by atoms with Crippen LogP contribution in [0.25, 0.3) is 10.9 Å². The van der Waals surface area contributed by atoms with E-state index in [9.17, 15) is 22.0 Å². The van der Waals surface area contributed by atoms with Crippen molar-refractivity contribution in [2.45, 2.75) is 43.2 Å². The molecule has 1 fully saturated rings. The Kier molecular flexibility index (Phi) is 11.5. The lowest BCUT2D eigenvalue weighted by molar-refractivity contribution is -0.0102. The second-order valence-electron chi connectivity index (χ2n) is 12.9. The quantitative estimate of drug-likeness (QED) is 0.130. The van der Waals surface area contributed by atoms with Crippen LogP contribution in [0, 0.1) is 0 Å². The fourth-order valence-electron chi connectivity index (χ4n) is 6.44. The molecule has 0 bridgehead atoms. The van der Waals surface area contributed by atoms with Crippen molar-refractivity contribution in [2.75, 3.05) is 51.7 Å². The van der Waals surface area contributed by atoms with Gasteiger partial charge < -0.3 is 29.2 Å². The Bertz CT molecular complexity index is 2200. The van der Waals surface area contributed by atoms with Gasteiger partial charge in [0, 0.05) is 73.4 Å². The van der Waals surface area contributed by atoms with Crippen LogP contribution in [-0.2, 0) is 23.1 Å². The van der Waals surface area contributed by atoms with Crippen molar-refractivity contribution in [3.8, 4) is 23.0 Å². The number of nitrogens with one attached hydrogen (secondary N) is 1. The van der Waals surface area contributed by atoms with Gasteiger partial charge in [-0.3, -0.25) is 4.79 Å². The SMILES string of the molecule is COc1ccc(CN(Cc2ccc(OC)cc2OC)S(=O)(=O)c2cccc(NC(=O)c3cc4ccccc4nc3N3CCCC(F)(F)CC3)c2)c(OC)c1. The fourth-order valence-corrected chi connectivity index (χ4v) is 7.88. The number of para-hydroxylation sites is 1. The van der Waals surface area contributed by atoms with Crippen molar-refractivity contribution in [3.05, 3.63) is 108 Å². The minimum Gasteiger partial charge on any atom is -0.497 e. The molecule has 11 nitrogen and oxygen atoms in total. The average molecular weight is 761 g/mol. The molecule has 1 aromatic heterocycles. The molecule has 0 aliphatic carbocycles.